The van der Waals surface area contributed by atoms with E-state index in [1.54, 1.807) is 4.57 Å². The van der Waals surface area contributed by atoms with Crippen LogP contribution >= 0.6 is 11.8 Å². The van der Waals surface area contributed by atoms with E-state index in [0.717, 1.165) is 11.6 Å². The van der Waals surface area contributed by atoms with Crippen LogP contribution in [0.2, 0.25) is 0 Å². The lowest BCUT2D eigenvalue weighted by atomic mass is 10.5. The standard InChI is InChI=1S/C8H16N4OS/c1-3-4-12-7(13)10-11-8(12)14-6(2)5-9/h6H,3-5,9H2,1-2H3,(H,10,13). The molecule has 0 fully saturated rings. The molecule has 0 saturated heterocycles. The Balaban J connectivity index is 2.80. The maximum Gasteiger partial charge on any atom is 0.343 e. The van der Waals surface area contributed by atoms with E-state index < -0.39 is 0 Å². The predicted octanol–water partition coefficient (Wildman–Crippen LogP) is 0.421. The predicted molar refractivity (Wildman–Crippen MR) is 57.5 cm³/mol. The van der Waals surface area contributed by atoms with Crippen LogP contribution in [-0.4, -0.2) is 26.6 Å². The SMILES string of the molecule is CCCn1c(SC(C)CN)n[nH]c1=O. The third kappa shape index (κ3) is 2.62. The summed E-state index contributed by atoms with van der Waals surface area (Å²) in [4.78, 5) is 11.3. The number of thioether (sulfide) groups is 1. The summed E-state index contributed by atoms with van der Waals surface area (Å²) in [6.45, 7) is 5.33. The van der Waals surface area contributed by atoms with Crippen molar-refractivity contribution in [3.63, 3.8) is 0 Å². The van der Waals surface area contributed by atoms with Gasteiger partial charge in [0.05, 0.1) is 0 Å². The minimum Gasteiger partial charge on any atom is -0.329 e. The second-order valence-corrected chi connectivity index (χ2v) is 4.53. The van der Waals surface area contributed by atoms with E-state index >= 15 is 0 Å². The number of H-pyrrole nitrogens is 1. The molecule has 6 heteroatoms. The average Bonchev–Trinajstić information content (AvgIpc) is 2.50. The van der Waals surface area contributed by atoms with Gasteiger partial charge in [0.25, 0.3) is 0 Å². The van der Waals surface area contributed by atoms with Crippen molar-refractivity contribution in [2.45, 2.75) is 37.2 Å². The fourth-order valence-corrected chi connectivity index (χ4v) is 1.90. The third-order valence-corrected chi connectivity index (χ3v) is 2.93. The van der Waals surface area contributed by atoms with Crippen LogP contribution in [0.1, 0.15) is 20.3 Å². The molecule has 5 nitrogen and oxygen atoms in total. The molecule has 0 bridgehead atoms. The number of aromatic nitrogens is 3. The molecule has 80 valence electrons. The van der Waals surface area contributed by atoms with Gasteiger partial charge in [-0.05, 0) is 6.42 Å². The van der Waals surface area contributed by atoms with Crippen molar-refractivity contribution < 1.29 is 0 Å². The second-order valence-electron chi connectivity index (χ2n) is 3.13. The Hall–Kier alpha value is -0.750. The fourth-order valence-electron chi connectivity index (χ4n) is 1.04. The first kappa shape index (κ1) is 11.3. The normalized spacial score (nSPS) is 13.1. The maximum absolute atomic E-state index is 11.3. The van der Waals surface area contributed by atoms with Crippen LogP contribution in [0.3, 0.4) is 0 Å². The van der Waals surface area contributed by atoms with Crippen molar-refractivity contribution in [1.29, 1.82) is 0 Å². The number of nitrogens with two attached hydrogens (primary N) is 1. The van der Waals surface area contributed by atoms with E-state index in [9.17, 15) is 4.79 Å². The molecular weight excluding hydrogens is 200 g/mol. The minimum atomic E-state index is -0.140. The zero-order valence-electron chi connectivity index (χ0n) is 8.49. The molecule has 1 heterocycles. The van der Waals surface area contributed by atoms with E-state index in [1.807, 2.05) is 13.8 Å². The Labute approximate surface area is 87.1 Å². The van der Waals surface area contributed by atoms with Gasteiger partial charge in [0.15, 0.2) is 5.16 Å². The first-order valence-electron chi connectivity index (χ1n) is 4.71. The van der Waals surface area contributed by atoms with Crippen molar-refractivity contribution in [3.05, 3.63) is 10.5 Å². The van der Waals surface area contributed by atoms with Crippen LogP contribution in [0, 0.1) is 0 Å². The lowest BCUT2D eigenvalue weighted by Gasteiger charge is -2.07. The molecule has 0 aromatic carbocycles. The maximum atomic E-state index is 11.3. The topological polar surface area (TPSA) is 76.7 Å². The summed E-state index contributed by atoms with van der Waals surface area (Å²) in [5, 5.41) is 7.41. The summed E-state index contributed by atoms with van der Waals surface area (Å²) in [7, 11) is 0. The van der Waals surface area contributed by atoms with Gasteiger partial charge in [-0.2, -0.15) is 0 Å². The van der Waals surface area contributed by atoms with E-state index in [2.05, 4.69) is 10.2 Å². The Morgan fingerprint density at radius 3 is 3.00 bits per heavy atom. The van der Waals surface area contributed by atoms with Gasteiger partial charge in [-0.3, -0.25) is 4.57 Å². The van der Waals surface area contributed by atoms with Gasteiger partial charge in [-0.1, -0.05) is 25.6 Å². The van der Waals surface area contributed by atoms with Gasteiger partial charge in [0.2, 0.25) is 0 Å². The molecule has 14 heavy (non-hydrogen) atoms. The lowest BCUT2D eigenvalue weighted by Crippen LogP contribution is -2.19. The number of nitrogens with one attached hydrogen (secondary N) is 1. The number of aromatic amines is 1. The van der Waals surface area contributed by atoms with E-state index in [1.165, 1.54) is 11.8 Å². The van der Waals surface area contributed by atoms with Crippen molar-refractivity contribution in [2.24, 2.45) is 5.73 Å². The Kier molecular flexibility index (Phi) is 4.21. The quantitative estimate of drug-likeness (QED) is 0.699. The highest BCUT2D eigenvalue weighted by Gasteiger charge is 2.10. The summed E-state index contributed by atoms with van der Waals surface area (Å²) >= 11 is 1.53. The zero-order chi connectivity index (χ0) is 10.6. The van der Waals surface area contributed by atoms with Crippen molar-refractivity contribution >= 4 is 11.8 Å². The molecule has 0 spiro atoms. The Morgan fingerprint density at radius 1 is 1.71 bits per heavy atom. The highest BCUT2D eigenvalue weighted by atomic mass is 32.2. The van der Waals surface area contributed by atoms with Crippen LogP contribution in [-0.2, 0) is 6.54 Å². The second kappa shape index (κ2) is 5.21. The van der Waals surface area contributed by atoms with Crippen LogP contribution < -0.4 is 11.4 Å². The van der Waals surface area contributed by atoms with Crippen LogP contribution in [0.25, 0.3) is 0 Å². The minimum absolute atomic E-state index is 0.140. The molecular formula is C8H16N4OS. The smallest absolute Gasteiger partial charge is 0.329 e. The molecule has 1 atom stereocenters. The molecule has 3 N–H and O–H groups in total. The zero-order valence-corrected chi connectivity index (χ0v) is 9.30. The highest BCUT2D eigenvalue weighted by molar-refractivity contribution is 7.99. The van der Waals surface area contributed by atoms with E-state index in [-0.39, 0.29) is 10.9 Å². The largest absolute Gasteiger partial charge is 0.343 e. The van der Waals surface area contributed by atoms with Crippen molar-refractivity contribution in [3.8, 4) is 0 Å². The Bertz CT molecular complexity index is 332. The number of nitrogens with zero attached hydrogens (tertiary/aromatic N) is 2. The molecule has 1 aromatic heterocycles. The van der Waals surface area contributed by atoms with Gasteiger partial charge in [0, 0.05) is 18.3 Å². The van der Waals surface area contributed by atoms with Crippen molar-refractivity contribution in [2.75, 3.05) is 6.54 Å². The first-order valence-corrected chi connectivity index (χ1v) is 5.59. The highest BCUT2D eigenvalue weighted by Crippen LogP contribution is 2.18. The summed E-state index contributed by atoms with van der Waals surface area (Å²) in [6, 6.07) is 0. The third-order valence-electron chi connectivity index (χ3n) is 1.81. The summed E-state index contributed by atoms with van der Waals surface area (Å²) in [5.41, 5.74) is 5.36. The van der Waals surface area contributed by atoms with Crippen LogP contribution in [0.5, 0.6) is 0 Å². The van der Waals surface area contributed by atoms with E-state index in [0.29, 0.717) is 13.1 Å². The number of rotatable bonds is 5. The number of hydrogen-bond acceptors (Lipinski definition) is 4. The molecule has 1 unspecified atom stereocenters. The van der Waals surface area contributed by atoms with Crippen LogP contribution in [0.15, 0.2) is 9.95 Å². The molecule has 0 aliphatic heterocycles. The van der Waals surface area contributed by atoms with Gasteiger partial charge in [0.1, 0.15) is 0 Å². The molecule has 0 amide bonds. The summed E-state index contributed by atoms with van der Waals surface area (Å²) in [5.74, 6) is 0. The summed E-state index contributed by atoms with van der Waals surface area (Å²) in [6.07, 6.45) is 0.921. The van der Waals surface area contributed by atoms with Crippen LogP contribution in [0.4, 0.5) is 0 Å². The fraction of sp³-hybridized carbons (Fsp3) is 0.750. The Morgan fingerprint density at radius 2 is 2.43 bits per heavy atom. The molecule has 0 radical (unpaired) electrons. The molecule has 0 aliphatic carbocycles. The molecule has 0 aliphatic rings. The van der Waals surface area contributed by atoms with E-state index in [4.69, 9.17) is 5.73 Å². The van der Waals surface area contributed by atoms with Gasteiger partial charge in [-0.25, -0.2) is 9.89 Å². The van der Waals surface area contributed by atoms with Gasteiger partial charge < -0.3 is 5.73 Å². The van der Waals surface area contributed by atoms with Gasteiger partial charge in [-0.15, -0.1) is 5.10 Å². The molecule has 0 saturated carbocycles. The lowest BCUT2D eigenvalue weighted by molar-refractivity contribution is 0.603. The van der Waals surface area contributed by atoms with Gasteiger partial charge >= 0.3 is 5.69 Å². The van der Waals surface area contributed by atoms with Crippen molar-refractivity contribution in [1.82, 2.24) is 14.8 Å². The first-order chi connectivity index (χ1) is 6.69. The number of hydrogen-bond donors (Lipinski definition) is 2. The average molecular weight is 216 g/mol. The molecule has 1 aromatic rings. The summed E-state index contributed by atoms with van der Waals surface area (Å²) < 4.78 is 1.65. The molecule has 1 rings (SSSR count). The monoisotopic (exact) mass is 216 g/mol.